The van der Waals surface area contributed by atoms with Crippen LogP contribution in [0.3, 0.4) is 0 Å². The maximum atomic E-state index is 11.8. The summed E-state index contributed by atoms with van der Waals surface area (Å²) < 4.78 is 16.1. The highest BCUT2D eigenvalue weighted by molar-refractivity contribution is 5.76. The summed E-state index contributed by atoms with van der Waals surface area (Å²) in [6.45, 7) is 7.76. The minimum absolute atomic E-state index is 0.243. The van der Waals surface area contributed by atoms with Crippen molar-refractivity contribution >= 4 is 5.97 Å². The van der Waals surface area contributed by atoms with E-state index in [1.165, 1.54) is 0 Å². The van der Waals surface area contributed by atoms with E-state index in [1.54, 1.807) is 6.92 Å². The van der Waals surface area contributed by atoms with Gasteiger partial charge in [-0.3, -0.25) is 4.79 Å². The molecule has 0 heterocycles. The average molecular weight is 295 g/mol. The smallest absolute Gasteiger partial charge is 0.326 e. The quantitative estimate of drug-likeness (QED) is 0.672. The van der Waals surface area contributed by atoms with E-state index in [0.717, 1.165) is 18.7 Å². The topological polar surface area (TPSA) is 56.8 Å². The van der Waals surface area contributed by atoms with Gasteiger partial charge in [0.2, 0.25) is 0 Å². The fraction of sp³-hybridized carbons (Fsp3) is 0.562. The molecule has 5 nitrogen and oxygen atoms in total. The second kappa shape index (κ2) is 10.0. The number of hydrogen-bond acceptors (Lipinski definition) is 5. The van der Waals surface area contributed by atoms with Gasteiger partial charge in [0.15, 0.2) is 0 Å². The van der Waals surface area contributed by atoms with Crippen molar-refractivity contribution in [3.05, 3.63) is 24.3 Å². The molecule has 0 aliphatic heterocycles. The predicted molar refractivity (Wildman–Crippen MR) is 81.8 cm³/mol. The number of carbonyl (C=O) groups is 1. The van der Waals surface area contributed by atoms with Gasteiger partial charge in [-0.1, -0.05) is 6.92 Å². The first kappa shape index (κ1) is 17.3. The Balaban J connectivity index is 2.52. The lowest BCUT2D eigenvalue weighted by molar-refractivity contribution is -0.146. The van der Waals surface area contributed by atoms with Gasteiger partial charge in [-0.15, -0.1) is 0 Å². The number of carbonyl (C=O) groups excluding carboxylic acids is 1. The zero-order chi connectivity index (χ0) is 15.5. The minimum Gasteiger partial charge on any atom is -0.494 e. The summed E-state index contributed by atoms with van der Waals surface area (Å²) in [6.07, 6.45) is 0.943. The molecule has 0 amide bonds. The third kappa shape index (κ3) is 6.49. The first-order chi connectivity index (χ1) is 10.2. The van der Waals surface area contributed by atoms with Gasteiger partial charge in [-0.25, -0.2) is 0 Å². The van der Waals surface area contributed by atoms with E-state index in [2.05, 4.69) is 5.32 Å². The molecule has 1 rings (SSSR count). The Hall–Kier alpha value is -1.75. The molecule has 0 spiro atoms. The Labute approximate surface area is 126 Å². The van der Waals surface area contributed by atoms with Crippen LogP contribution < -0.4 is 14.8 Å². The number of nitrogens with one attached hydrogen (secondary N) is 1. The molecule has 21 heavy (non-hydrogen) atoms. The SMILES string of the molecule is CCCNC(COc1ccc(OCC)cc1)C(=O)OCC. The number of ether oxygens (including phenoxy) is 3. The number of benzene rings is 1. The van der Waals surface area contributed by atoms with Crippen LogP contribution in [-0.4, -0.2) is 38.4 Å². The lowest BCUT2D eigenvalue weighted by Gasteiger charge is -2.17. The van der Waals surface area contributed by atoms with Crippen molar-refractivity contribution in [1.82, 2.24) is 5.32 Å². The lowest BCUT2D eigenvalue weighted by Crippen LogP contribution is -2.43. The Morgan fingerprint density at radius 1 is 1.05 bits per heavy atom. The Kier molecular flexibility index (Phi) is 8.28. The molecule has 5 heteroatoms. The Bertz CT molecular complexity index is 405. The normalized spacial score (nSPS) is 11.8. The molecule has 1 aromatic rings. The van der Waals surface area contributed by atoms with Crippen molar-refractivity contribution in [2.24, 2.45) is 0 Å². The molecule has 0 aliphatic carbocycles. The van der Waals surface area contributed by atoms with Gasteiger partial charge in [0.05, 0.1) is 13.2 Å². The largest absolute Gasteiger partial charge is 0.494 e. The van der Waals surface area contributed by atoms with Crippen LogP contribution >= 0.6 is 0 Å². The van der Waals surface area contributed by atoms with E-state index in [4.69, 9.17) is 14.2 Å². The molecule has 0 aromatic heterocycles. The molecular weight excluding hydrogens is 270 g/mol. The van der Waals surface area contributed by atoms with E-state index >= 15 is 0 Å². The molecule has 118 valence electrons. The van der Waals surface area contributed by atoms with Crippen LogP contribution in [0.1, 0.15) is 27.2 Å². The highest BCUT2D eigenvalue weighted by Gasteiger charge is 2.19. The molecule has 0 bridgehead atoms. The third-order valence-electron chi connectivity index (χ3n) is 2.76. The van der Waals surface area contributed by atoms with E-state index in [0.29, 0.717) is 19.0 Å². The molecular formula is C16H25NO4. The summed E-state index contributed by atoms with van der Waals surface area (Å²) in [7, 11) is 0. The number of hydrogen-bond donors (Lipinski definition) is 1. The van der Waals surface area contributed by atoms with Crippen LogP contribution in [-0.2, 0) is 9.53 Å². The van der Waals surface area contributed by atoms with Crippen molar-refractivity contribution in [3.8, 4) is 11.5 Å². The van der Waals surface area contributed by atoms with Crippen LogP contribution in [0.25, 0.3) is 0 Å². The standard InChI is InChI=1S/C16H25NO4/c1-4-11-17-15(16(18)20-6-3)12-21-14-9-7-13(8-10-14)19-5-2/h7-10,15,17H,4-6,11-12H2,1-3H3. The molecule has 0 aliphatic rings. The Morgan fingerprint density at radius 3 is 2.19 bits per heavy atom. The molecule has 0 fully saturated rings. The van der Waals surface area contributed by atoms with Gasteiger partial charge in [0.1, 0.15) is 24.1 Å². The number of esters is 1. The van der Waals surface area contributed by atoms with Crippen molar-refractivity contribution in [1.29, 1.82) is 0 Å². The molecule has 0 radical (unpaired) electrons. The summed E-state index contributed by atoms with van der Waals surface area (Å²) in [5.41, 5.74) is 0. The maximum absolute atomic E-state index is 11.8. The van der Waals surface area contributed by atoms with Crippen LogP contribution in [0.2, 0.25) is 0 Å². The lowest BCUT2D eigenvalue weighted by atomic mass is 10.3. The van der Waals surface area contributed by atoms with Gasteiger partial charge in [-0.2, -0.15) is 0 Å². The second-order valence-electron chi connectivity index (χ2n) is 4.47. The minimum atomic E-state index is -0.448. The molecule has 1 aromatic carbocycles. The van der Waals surface area contributed by atoms with Gasteiger partial charge < -0.3 is 19.5 Å². The zero-order valence-electron chi connectivity index (χ0n) is 13.1. The summed E-state index contributed by atoms with van der Waals surface area (Å²) in [5, 5.41) is 3.13. The molecule has 1 unspecified atom stereocenters. The van der Waals surface area contributed by atoms with E-state index in [-0.39, 0.29) is 12.6 Å². The fourth-order valence-corrected chi connectivity index (χ4v) is 1.75. The number of rotatable bonds is 10. The Morgan fingerprint density at radius 2 is 1.67 bits per heavy atom. The van der Waals surface area contributed by atoms with Crippen LogP contribution in [0, 0.1) is 0 Å². The summed E-state index contributed by atoms with van der Waals surface area (Å²) in [4.78, 5) is 11.8. The van der Waals surface area contributed by atoms with Gasteiger partial charge >= 0.3 is 5.97 Å². The second-order valence-corrected chi connectivity index (χ2v) is 4.47. The summed E-state index contributed by atoms with van der Waals surface area (Å²) in [5.74, 6) is 1.22. The van der Waals surface area contributed by atoms with E-state index in [9.17, 15) is 4.79 Å². The average Bonchev–Trinajstić information content (AvgIpc) is 2.49. The van der Waals surface area contributed by atoms with E-state index < -0.39 is 6.04 Å². The predicted octanol–water partition coefficient (Wildman–Crippen LogP) is 2.40. The van der Waals surface area contributed by atoms with Crippen LogP contribution in [0.15, 0.2) is 24.3 Å². The van der Waals surface area contributed by atoms with Crippen molar-refractivity contribution in [3.63, 3.8) is 0 Å². The first-order valence-electron chi connectivity index (χ1n) is 7.46. The molecule has 0 saturated carbocycles. The first-order valence-corrected chi connectivity index (χ1v) is 7.46. The van der Waals surface area contributed by atoms with Crippen LogP contribution in [0.4, 0.5) is 0 Å². The van der Waals surface area contributed by atoms with Gasteiger partial charge in [0, 0.05) is 0 Å². The zero-order valence-corrected chi connectivity index (χ0v) is 13.1. The van der Waals surface area contributed by atoms with Crippen molar-refractivity contribution < 1.29 is 19.0 Å². The highest BCUT2D eigenvalue weighted by atomic mass is 16.5. The fourth-order valence-electron chi connectivity index (χ4n) is 1.75. The molecule has 1 atom stereocenters. The molecule has 0 saturated heterocycles. The molecule has 1 N–H and O–H groups in total. The summed E-state index contributed by atoms with van der Waals surface area (Å²) in [6, 6.07) is 6.89. The monoisotopic (exact) mass is 295 g/mol. The van der Waals surface area contributed by atoms with Gasteiger partial charge in [0.25, 0.3) is 0 Å². The van der Waals surface area contributed by atoms with Crippen molar-refractivity contribution in [2.45, 2.75) is 33.2 Å². The van der Waals surface area contributed by atoms with E-state index in [1.807, 2.05) is 38.1 Å². The van der Waals surface area contributed by atoms with Crippen LogP contribution in [0.5, 0.6) is 11.5 Å². The maximum Gasteiger partial charge on any atom is 0.326 e. The highest BCUT2D eigenvalue weighted by Crippen LogP contribution is 2.17. The van der Waals surface area contributed by atoms with Gasteiger partial charge in [-0.05, 0) is 51.1 Å². The third-order valence-corrected chi connectivity index (χ3v) is 2.76. The summed E-state index contributed by atoms with van der Waals surface area (Å²) >= 11 is 0. The van der Waals surface area contributed by atoms with Crippen molar-refractivity contribution in [2.75, 3.05) is 26.4 Å².